The SMILES string of the molecule is Nc1ccc(-c2nnnn2-c2ccc3c(c2)OCO3)cc1. The van der Waals surface area contributed by atoms with Gasteiger partial charge in [0.15, 0.2) is 17.3 Å². The van der Waals surface area contributed by atoms with E-state index in [4.69, 9.17) is 15.2 Å². The summed E-state index contributed by atoms with van der Waals surface area (Å²) in [7, 11) is 0. The molecule has 0 radical (unpaired) electrons. The molecule has 1 aliphatic heterocycles. The van der Waals surface area contributed by atoms with Crippen molar-refractivity contribution in [1.29, 1.82) is 0 Å². The van der Waals surface area contributed by atoms with Crippen LogP contribution < -0.4 is 15.2 Å². The average Bonchev–Trinajstić information content (AvgIpc) is 3.16. The van der Waals surface area contributed by atoms with E-state index >= 15 is 0 Å². The molecule has 0 saturated heterocycles. The standard InChI is InChI=1S/C14H11N5O2/c15-10-3-1-9(2-4-10)14-16-17-18-19(14)11-5-6-12-13(7-11)21-8-20-12/h1-7H,8,15H2. The third kappa shape index (κ3) is 1.95. The molecule has 2 heterocycles. The molecule has 0 saturated carbocycles. The molecule has 0 unspecified atom stereocenters. The lowest BCUT2D eigenvalue weighted by Crippen LogP contribution is -2.00. The fourth-order valence-electron chi connectivity index (χ4n) is 2.19. The zero-order valence-corrected chi connectivity index (χ0v) is 10.9. The number of anilines is 1. The number of rotatable bonds is 2. The van der Waals surface area contributed by atoms with Gasteiger partial charge >= 0.3 is 0 Å². The second-order valence-electron chi connectivity index (χ2n) is 4.57. The van der Waals surface area contributed by atoms with Crippen molar-refractivity contribution in [1.82, 2.24) is 20.2 Å². The zero-order chi connectivity index (χ0) is 14.2. The summed E-state index contributed by atoms with van der Waals surface area (Å²) in [6, 6.07) is 13.0. The Labute approximate surface area is 119 Å². The maximum Gasteiger partial charge on any atom is 0.231 e. The van der Waals surface area contributed by atoms with E-state index in [0.717, 1.165) is 17.0 Å². The second kappa shape index (κ2) is 4.48. The molecule has 1 aliphatic rings. The number of fused-ring (bicyclic) bond motifs is 1. The van der Waals surface area contributed by atoms with Gasteiger partial charge in [-0.25, -0.2) is 0 Å². The van der Waals surface area contributed by atoms with E-state index in [2.05, 4.69) is 15.5 Å². The van der Waals surface area contributed by atoms with Gasteiger partial charge in [0.05, 0.1) is 5.69 Å². The molecule has 0 bridgehead atoms. The molecule has 0 spiro atoms. The predicted molar refractivity (Wildman–Crippen MR) is 75.1 cm³/mol. The van der Waals surface area contributed by atoms with Crippen LogP contribution in [-0.2, 0) is 0 Å². The lowest BCUT2D eigenvalue weighted by Gasteiger charge is -2.06. The van der Waals surface area contributed by atoms with Crippen molar-refractivity contribution in [2.75, 3.05) is 12.5 Å². The summed E-state index contributed by atoms with van der Waals surface area (Å²) in [5.74, 6) is 2.04. The Hall–Kier alpha value is -3.09. The minimum atomic E-state index is 0.235. The Bertz CT molecular complexity index is 797. The van der Waals surface area contributed by atoms with Crippen molar-refractivity contribution in [3.63, 3.8) is 0 Å². The molecule has 2 aromatic carbocycles. The Morgan fingerprint density at radius 2 is 1.81 bits per heavy atom. The van der Waals surface area contributed by atoms with Crippen LogP contribution >= 0.6 is 0 Å². The van der Waals surface area contributed by atoms with Crippen molar-refractivity contribution in [3.8, 4) is 28.6 Å². The summed E-state index contributed by atoms with van der Waals surface area (Å²) in [6.45, 7) is 0.235. The van der Waals surface area contributed by atoms with Crippen molar-refractivity contribution in [2.45, 2.75) is 0 Å². The Morgan fingerprint density at radius 1 is 1.00 bits per heavy atom. The smallest absolute Gasteiger partial charge is 0.231 e. The van der Waals surface area contributed by atoms with E-state index in [1.54, 1.807) is 4.68 Å². The number of ether oxygens (including phenoxy) is 2. The van der Waals surface area contributed by atoms with Crippen LogP contribution in [0.1, 0.15) is 0 Å². The van der Waals surface area contributed by atoms with Gasteiger partial charge in [-0.2, -0.15) is 4.68 Å². The van der Waals surface area contributed by atoms with Gasteiger partial charge in [0.1, 0.15) is 0 Å². The van der Waals surface area contributed by atoms with E-state index in [0.29, 0.717) is 17.3 Å². The van der Waals surface area contributed by atoms with E-state index in [1.165, 1.54) is 0 Å². The Kier molecular flexibility index (Phi) is 2.50. The predicted octanol–water partition coefficient (Wildman–Crippen LogP) is 1.64. The van der Waals surface area contributed by atoms with Gasteiger partial charge in [-0.3, -0.25) is 0 Å². The molecular weight excluding hydrogens is 270 g/mol. The highest BCUT2D eigenvalue weighted by atomic mass is 16.7. The first kappa shape index (κ1) is 11.7. The molecule has 2 N–H and O–H groups in total. The maximum absolute atomic E-state index is 5.70. The van der Waals surface area contributed by atoms with Gasteiger partial charge < -0.3 is 15.2 Å². The lowest BCUT2D eigenvalue weighted by atomic mass is 10.2. The summed E-state index contributed by atoms with van der Waals surface area (Å²) >= 11 is 0. The topological polar surface area (TPSA) is 88.1 Å². The first-order valence-electron chi connectivity index (χ1n) is 6.35. The molecule has 104 valence electrons. The Morgan fingerprint density at radius 3 is 2.67 bits per heavy atom. The monoisotopic (exact) mass is 281 g/mol. The number of nitrogens with zero attached hydrogens (tertiary/aromatic N) is 4. The summed E-state index contributed by atoms with van der Waals surface area (Å²) < 4.78 is 12.3. The lowest BCUT2D eigenvalue weighted by molar-refractivity contribution is 0.174. The summed E-state index contributed by atoms with van der Waals surface area (Å²) in [5.41, 5.74) is 8.08. The average molecular weight is 281 g/mol. The molecular formula is C14H11N5O2. The van der Waals surface area contributed by atoms with E-state index < -0.39 is 0 Å². The van der Waals surface area contributed by atoms with E-state index in [1.807, 2.05) is 42.5 Å². The first-order valence-corrected chi connectivity index (χ1v) is 6.35. The zero-order valence-electron chi connectivity index (χ0n) is 10.9. The van der Waals surface area contributed by atoms with Gasteiger partial charge in [0.25, 0.3) is 0 Å². The largest absolute Gasteiger partial charge is 0.454 e. The molecule has 1 aromatic heterocycles. The molecule has 4 rings (SSSR count). The van der Waals surface area contributed by atoms with Crippen molar-refractivity contribution < 1.29 is 9.47 Å². The molecule has 0 aliphatic carbocycles. The van der Waals surface area contributed by atoms with Gasteiger partial charge in [-0.1, -0.05) is 0 Å². The van der Waals surface area contributed by atoms with Crippen molar-refractivity contribution >= 4 is 5.69 Å². The summed E-state index contributed by atoms with van der Waals surface area (Å²) in [6.07, 6.45) is 0. The maximum atomic E-state index is 5.70. The molecule has 7 nitrogen and oxygen atoms in total. The van der Waals surface area contributed by atoms with Crippen LogP contribution in [0.5, 0.6) is 11.5 Å². The Balaban J connectivity index is 1.80. The fraction of sp³-hybridized carbons (Fsp3) is 0.0714. The number of benzene rings is 2. The second-order valence-corrected chi connectivity index (χ2v) is 4.57. The van der Waals surface area contributed by atoms with Crippen LogP contribution in [-0.4, -0.2) is 27.0 Å². The molecule has 3 aromatic rings. The van der Waals surface area contributed by atoms with Gasteiger partial charge in [-0.05, 0) is 46.8 Å². The van der Waals surface area contributed by atoms with Crippen LogP contribution in [0.4, 0.5) is 5.69 Å². The quantitative estimate of drug-likeness (QED) is 0.718. The molecule has 21 heavy (non-hydrogen) atoms. The van der Waals surface area contributed by atoms with E-state index in [9.17, 15) is 0 Å². The van der Waals surface area contributed by atoms with Crippen LogP contribution in [0, 0.1) is 0 Å². The van der Waals surface area contributed by atoms with Gasteiger partial charge in [-0.15, -0.1) is 5.10 Å². The molecule has 7 heteroatoms. The minimum absolute atomic E-state index is 0.235. The van der Waals surface area contributed by atoms with Crippen LogP contribution in [0.15, 0.2) is 42.5 Å². The number of hydrogen-bond acceptors (Lipinski definition) is 6. The van der Waals surface area contributed by atoms with Crippen molar-refractivity contribution in [3.05, 3.63) is 42.5 Å². The number of nitrogen functional groups attached to an aromatic ring is 1. The highest BCUT2D eigenvalue weighted by Crippen LogP contribution is 2.34. The number of tetrazole rings is 1. The molecule has 0 atom stereocenters. The normalized spacial score (nSPS) is 12.6. The van der Waals surface area contributed by atoms with Crippen molar-refractivity contribution in [2.24, 2.45) is 0 Å². The fourth-order valence-corrected chi connectivity index (χ4v) is 2.19. The molecule has 0 amide bonds. The summed E-state index contributed by atoms with van der Waals surface area (Å²) in [5, 5.41) is 11.9. The number of hydrogen-bond donors (Lipinski definition) is 1. The molecule has 0 fully saturated rings. The first-order chi connectivity index (χ1) is 10.3. The highest BCUT2D eigenvalue weighted by Gasteiger charge is 2.16. The number of aromatic nitrogens is 4. The third-order valence-corrected chi connectivity index (χ3v) is 3.24. The summed E-state index contributed by atoms with van der Waals surface area (Å²) in [4.78, 5) is 0. The van der Waals surface area contributed by atoms with Gasteiger partial charge in [0.2, 0.25) is 6.79 Å². The van der Waals surface area contributed by atoms with E-state index in [-0.39, 0.29) is 6.79 Å². The number of nitrogens with two attached hydrogens (primary N) is 1. The highest BCUT2D eigenvalue weighted by molar-refractivity contribution is 5.61. The minimum Gasteiger partial charge on any atom is -0.454 e. The van der Waals surface area contributed by atoms with Gasteiger partial charge in [0, 0.05) is 17.3 Å². The van der Waals surface area contributed by atoms with Crippen LogP contribution in [0.3, 0.4) is 0 Å². The third-order valence-electron chi connectivity index (χ3n) is 3.24. The van der Waals surface area contributed by atoms with Crippen LogP contribution in [0.2, 0.25) is 0 Å². The van der Waals surface area contributed by atoms with Crippen LogP contribution in [0.25, 0.3) is 17.1 Å².